The molecule has 0 saturated carbocycles. The molecule has 0 radical (unpaired) electrons. The smallest absolute Gasteiger partial charge is 0.292 e. The number of hydrogen-bond acceptors (Lipinski definition) is 6. The van der Waals surface area contributed by atoms with Crippen LogP contribution in [-0.4, -0.2) is 53.8 Å². The number of aromatic nitrogens is 2. The van der Waals surface area contributed by atoms with E-state index in [1.165, 1.54) is 30.5 Å². The lowest BCUT2D eigenvalue weighted by Gasteiger charge is -2.22. The van der Waals surface area contributed by atoms with E-state index in [1.54, 1.807) is 0 Å². The molecule has 0 bridgehead atoms. The third kappa shape index (κ3) is 3.90. The van der Waals surface area contributed by atoms with Gasteiger partial charge in [-0.2, -0.15) is 9.78 Å². The second kappa shape index (κ2) is 7.41. The third-order valence-electron chi connectivity index (χ3n) is 3.50. The Morgan fingerprint density at radius 1 is 1.21 bits per heavy atom. The van der Waals surface area contributed by atoms with E-state index in [0.717, 1.165) is 11.2 Å². The van der Waals surface area contributed by atoms with E-state index >= 15 is 0 Å². The van der Waals surface area contributed by atoms with Crippen molar-refractivity contribution in [3.8, 4) is 5.69 Å². The molecular formula is C15H18ClN5O3. The number of nitrogens with zero attached hydrogens (tertiary/aromatic N) is 5. The number of halogens is 1. The molecule has 0 spiro atoms. The summed E-state index contributed by atoms with van der Waals surface area (Å²) < 4.78 is 1.12. The van der Waals surface area contributed by atoms with Crippen molar-refractivity contribution in [2.75, 3.05) is 39.1 Å². The first-order chi connectivity index (χ1) is 11.3. The molecular weight excluding hydrogens is 334 g/mol. The van der Waals surface area contributed by atoms with Crippen LogP contribution in [0.3, 0.4) is 0 Å². The van der Waals surface area contributed by atoms with Crippen LogP contribution in [0.5, 0.6) is 0 Å². The number of benzene rings is 1. The van der Waals surface area contributed by atoms with Crippen LogP contribution in [0.4, 0.5) is 11.4 Å². The molecule has 1 aromatic heterocycles. The topological polar surface area (TPSA) is 84.5 Å². The fraction of sp³-hybridized carbons (Fsp3) is 0.333. The van der Waals surface area contributed by atoms with Crippen molar-refractivity contribution in [2.24, 2.45) is 0 Å². The predicted octanol–water partition coefficient (Wildman–Crippen LogP) is 1.79. The zero-order valence-electron chi connectivity index (χ0n) is 13.6. The zero-order valence-corrected chi connectivity index (χ0v) is 14.4. The summed E-state index contributed by atoms with van der Waals surface area (Å²) in [6.07, 6.45) is 1.51. The van der Waals surface area contributed by atoms with Crippen molar-refractivity contribution < 1.29 is 4.92 Å². The Morgan fingerprint density at radius 3 is 2.38 bits per heavy atom. The second-order valence-electron chi connectivity index (χ2n) is 5.56. The summed E-state index contributed by atoms with van der Waals surface area (Å²) in [4.78, 5) is 26.5. The van der Waals surface area contributed by atoms with Crippen LogP contribution in [-0.2, 0) is 0 Å². The Bertz CT molecular complexity index is 789. The highest BCUT2D eigenvalue weighted by atomic mass is 35.5. The quantitative estimate of drug-likeness (QED) is 0.582. The van der Waals surface area contributed by atoms with Crippen LogP contribution in [0.25, 0.3) is 5.69 Å². The molecule has 2 aromatic rings. The highest BCUT2D eigenvalue weighted by Crippen LogP contribution is 2.21. The van der Waals surface area contributed by atoms with Gasteiger partial charge in [0.1, 0.15) is 5.02 Å². The minimum absolute atomic E-state index is 0.0575. The summed E-state index contributed by atoms with van der Waals surface area (Å²) in [5.41, 5.74) is 0.425. The molecule has 24 heavy (non-hydrogen) atoms. The monoisotopic (exact) mass is 351 g/mol. The number of hydrogen-bond donors (Lipinski definition) is 0. The molecule has 2 rings (SSSR count). The van der Waals surface area contributed by atoms with Gasteiger partial charge in [0.15, 0.2) is 0 Å². The van der Waals surface area contributed by atoms with Gasteiger partial charge in [0.25, 0.3) is 11.2 Å². The Balaban J connectivity index is 2.32. The third-order valence-corrected chi connectivity index (χ3v) is 3.85. The zero-order chi connectivity index (χ0) is 17.9. The summed E-state index contributed by atoms with van der Waals surface area (Å²) in [7, 11) is 5.75. The molecule has 1 heterocycles. The molecule has 9 heteroatoms. The first kappa shape index (κ1) is 17.9. The number of rotatable bonds is 6. The molecule has 1 aromatic carbocycles. The van der Waals surface area contributed by atoms with Gasteiger partial charge in [-0.15, -0.1) is 0 Å². The molecule has 0 fully saturated rings. The largest absolute Gasteiger partial charge is 0.371 e. The van der Waals surface area contributed by atoms with Crippen LogP contribution in [0.15, 0.2) is 35.3 Å². The summed E-state index contributed by atoms with van der Waals surface area (Å²) >= 11 is 6.20. The van der Waals surface area contributed by atoms with Gasteiger partial charge < -0.3 is 9.80 Å². The van der Waals surface area contributed by atoms with E-state index in [1.807, 2.05) is 30.9 Å². The van der Waals surface area contributed by atoms with Crippen molar-refractivity contribution in [3.63, 3.8) is 0 Å². The first-order valence-electron chi connectivity index (χ1n) is 7.20. The van der Waals surface area contributed by atoms with E-state index in [2.05, 4.69) is 5.10 Å². The Kier molecular flexibility index (Phi) is 5.53. The standard InChI is InChI=1S/C15H18ClN5O3/c1-18(2)8-9-19(3)13-10-17-20(15(22)14(13)16)11-4-6-12(7-5-11)21(23)24/h4-7,10H,8-9H2,1-3H3. The Hall–Kier alpha value is -2.45. The summed E-state index contributed by atoms with van der Waals surface area (Å²) in [5.74, 6) is 0. The van der Waals surface area contributed by atoms with E-state index in [0.29, 0.717) is 17.9 Å². The number of non-ortho nitro benzene ring substituents is 1. The van der Waals surface area contributed by atoms with Gasteiger partial charge in [0.05, 0.1) is 22.5 Å². The van der Waals surface area contributed by atoms with Crippen molar-refractivity contribution in [1.29, 1.82) is 0 Å². The molecule has 128 valence electrons. The van der Waals surface area contributed by atoms with Crippen LogP contribution in [0.1, 0.15) is 0 Å². The van der Waals surface area contributed by atoms with Crippen LogP contribution in [0.2, 0.25) is 5.02 Å². The maximum Gasteiger partial charge on any atom is 0.292 e. The van der Waals surface area contributed by atoms with Gasteiger partial charge in [-0.25, -0.2) is 0 Å². The predicted molar refractivity (Wildman–Crippen MR) is 93.3 cm³/mol. The maximum atomic E-state index is 12.4. The highest BCUT2D eigenvalue weighted by Gasteiger charge is 2.14. The van der Waals surface area contributed by atoms with Gasteiger partial charge >= 0.3 is 0 Å². The van der Waals surface area contributed by atoms with E-state index in [9.17, 15) is 14.9 Å². The number of nitro benzene ring substituents is 1. The van der Waals surface area contributed by atoms with Gasteiger partial charge in [-0.1, -0.05) is 11.6 Å². The van der Waals surface area contributed by atoms with Crippen molar-refractivity contribution >= 4 is 23.0 Å². The minimum atomic E-state index is -0.504. The summed E-state index contributed by atoms with van der Waals surface area (Å²) in [6.45, 7) is 1.49. The number of nitro groups is 1. The van der Waals surface area contributed by atoms with E-state index < -0.39 is 10.5 Å². The number of anilines is 1. The average Bonchev–Trinajstić information content (AvgIpc) is 2.55. The highest BCUT2D eigenvalue weighted by molar-refractivity contribution is 6.33. The molecule has 0 aliphatic rings. The summed E-state index contributed by atoms with van der Waals surface area (Å²) in [6, 6.07) is 5.54. The van der Waals surface area contributed by atoms with Crippen molar-refractivity contribution in [2.45, 2.75) is 0 Å². The molecule has 0 amide bonds. The van der Waals surface area contributed by atoms with Crippen molar-refractivity contribution in [1.82, 2.24) is 14.7 Å². The minimum Gasteiger partial charge on any atom is -0.371 e. The molecule has 0 N–H and O–H groups in total. The van der Waals surface area contributed by atoms with Crippen LogP contribution >= 0.6 is 11.6 Å². The van der Waals surface area contributed by atoms with Gasteiger partial charge in [0, 0.05) is 32.3 Å². The van der Waals surface area contributed by atoms with Crippen molar-refractivity contribution in [3.05, 3.63) is 56.0 Å². The fourth-order valence-corrected chi connectivity index (χ4v) is 2.33. The normalized spacial score (nSPS) is 10.9. The van der Waals surface area contributed by atoms with Gasteiger partial charge in [-0.3, -0.25) is 14.9 Å². The molecule has 0 saturated heterocycles. The van der Waals surface area contributed by atoms with E-state index in [4.69, 9.17) is 11.6 Å². The lowest BCUT2D eigenvalue weighted by atomic mass is 10.3. The Labute approximate surface area is 144 Å². The molecule has 0 atom stereocenters. The molecule has 0 aliphatic carbocycles. The fourth-order valence-electron chi connectivity index (χ4n) is 2.06. The molecule has 0 aliphatic heterocycles. The van der Waals surface area contributed by atoms with Crippen LogP contribution in [0, 0.1) is 10.1 Å². The average molecular weight is 352 g/mol. The molecule has 8 nitrogen and oxygen atoms in total. The van der Waals surface area contributed by atoms with E-state index in [-0.39, 0.29) is 10.7 Å². The second-order valence-corrected chi connectivity index (χ2v) is 5.94. The lowest BCUT2D eigenvalue weighted by Crippen LogP contribution is -2.31. The van der Waals surface area contributed by atoms with Gasteiger partial charge in [0.2, 0.25) is 0 Å². The SMILES string of the molecule is CN(C)CCN(C)c1cnn(-c2ccc([N+](=O)[O-])cc2)c(=O)c1Cl. The first-order valence-corrected chi connectivity index (χ1v) is 7.57. The Morgan fingerprint density at radius 2 is 1.83 bits per heavy atom. The molecule has 0 unspecified atom stereocenters. The van der Waals surface area contributed by atoms with Gasteiger partial charge in [-0.05, 0) is 26.2 Å². The summed E-state index contributed by atoms with van der Waals surface area (Å²) in [5, 5.41) is 14.9. The van der Waals surface area contributed by atoms with Crippen LogP contribution < -0.4 is 10.5 Å². The maximum absolute atomic E-state index is 12.4. The lowest BCUT2D eigenvalue weighted by molar-refractivity contribution is -0.384. The number of likely N-dealkylation sites (N-methyl/N-ethyl adjacent to an activating group) is 2.